The first-order valence-corrected chi connectivity index (χ1v) is 5.57. The largest absolute Gasteiger partial charge is 0.480 e. The van der Waals surface area contributed by atoms with E-state index in [0.717, 1.165) is 5.56 Å². The average molecular weight is 227 g/mol. The zero-order chi connectivity index (χ0) is 10.8. The summed E-state index contributed by atoms with van der Waals surface area (Å²) in [4.78, 5) is 10.7. The molecule has 2 rings (SSSR count). The second-order valence-electron chi connectivity index (χ2n) is 3.32. The molecule has 0 aliphatic carbocycles. The van der Waals surface area contributed by atoms with Gasteiger partial charge in [0.25, 0.3) is 0 Å². The molecule has 80 valence electrons. The number of thioether (sulfide) groups is 1. The van der Waals surface area contributed by atoms with Crippen LogP contribution in [0, 0.1) is 5.82 Å². The zero-order valence-corrected chi connectivity index (χ0v) is 8.63. The first kappa shape index (κ1) is 10.4. The minimum Gasteiger partial charge on any atom is -0.480 e. The molecule has 0 aromatic heterocycles. The van der Waals surface area contributed by atoms with E-state index in [-0.39, 0.29) is 11.2 Å². The van der Waals surface area contributed by atoms with Crippen molar-refractivity contribution < 1.29 is 14.3 Å². The van der Waals surface area contributed by atoms with E-state index in [1.54, 1.807) is 12.1 Å². The van der Waals surface area contributed by atoms with Crippen molar-refractivity contribution >= 4 is 17.7 Å². The van der Waals surface area contributed by atoms with Crippen LogP contribution in [0.2, 0.25) is 0 Å². The van der Waals surface area contributed by atoms with Crippen LogP contribution in [-0.2, 0) is 4.79 Å². The maximum Gasteiger partial charge on any atom is 0.321 e. The van der Waals surface area contributed by atoms with Crippen molar-refractivity contribution in [2.75, 3.05) is 5.75 Å². The first-order chi connectivity index (χ1) is 7.16. The van der Waals surface area contributed by atoms with E-state index in [9.17, 15) is 9.18 Å². The van der Waals surface area contributed by atoms with Crippen molar-refractivity contribution in [3.63, 3.8) is 0 Å². The Bertz CT molecular complexity index is 368. The monoisotopic (exact) mass is 227 g/mol. The van der Waals surface area contributed by atoms with Crippen LogP contribution in [0.3, 0.4) is 0 Å². The van der Waals surface area contributed by atoms with Crippen molar-refractivity contribution in [2.45, 2.75) is 11.4 Å². The first-order valence-electron chi connectivity index (χ1n) is 4.53. The molecule has 0 bridgehead atoms. The Kier molecular flexibility index (Phi) is 2.93. The number of aliphatic carboxylic acids is 1. The van der Waals surface area contributed by atoms with E-state index < -0.39 is 12.0 Å². The van der Waals surface area contributed by atoms with Gasteiger partial charge < -0.3 is 5.11 Å². The maximum absolute atomic E-state index is 12.7. The minimum atomic E-state index is -0.841. The number of carboxylic acids is 1. The smallest absolute Gasteiger partial charge is 0.321 e. The van der Waals surface area contributed by atoms with Gasteiger partial charge >= 0.3 is 5.97 Å². The van der Waals surface area contributed by atoms with Crippen molar-refractivity contribution in [1.29, 1.82) is 0 Å². The quantitative estimate of drug-likeness (QED) is 0.806. The summed E-state index contributed by atoms with van der Waals surface area (Å²) in [5.41, 5.74) is 0.908. The lowest BCUT2D eigenvalue weighted by molar-refractivity contribution is -0.138. The summed E-state index contributed by atoms with van der Waals surface area (Å²) in [6.07, 6.45) is 0. The molecule has 2 atom stereocenters. The van der Waals surface area contributed by atoms with Gasteiger partial charge in [-0.1, -0.05) is 12.1 Å². The third-order valence-electron chi connectivity index (χ3n) is 2.25. The van der Waals surface area contributed by atoms with Crippen LogP contribution >= 0.6 is 11.8 Å². The normalized spacial score (nSPS) is 25.4. The fourth-order valence-electron chi connectivity index (χ4n) is 1.44. The molecule has 0 amide bonds. The van der Waals surface area contributed by atoms with Gasteiger partial charge in [0.05, 0.1) is 5.37 Å². The van der Waals surface area contributed by atoms with E-state index >= 15 is 0 Å². The molecule has 0 spiro atoms. The molecule has 15 heavy (non-hydrogen) atoms. The Balaban J connectivity index is 2.07. The number of halogens is 1. The van der Waals surface area contributed by atoms with Crippen LogP contribution in [-0.4, -0.2) is 22.9 Å². The molecule has 1 heterocycles. The fraction of sp³-hybridized carbons (Fsp3) is 0.300. The topological polar surface area (TPSA) is 49.3 Å². The van der Waals surface area contributed by atoms with Crippen LogP contribution in [0.5, 0.6) is 0 Å². The van der Waals surface area contributed by atoms with E-state index in [2.05, 4.69) is 5.32 Å². The Morgan fingerprint density at radius 1 is 1.47 bits per heavy atom. The van der Waals surface area contributed by atoms with Gasteiger partial charge in [-0.2, -0.15) is 0 Å². The summed E-state index contributed by atoms with van der Waals surface area (Å²) in [7, 11) is 0. The van der Waals surface area contributed by atoms with Gasteiger partial charge in [-0.25, -0.2) is 4.39 Å². The van der Waals surface area contributed by atoms with E-state index in [0.29, 0.717) is 5.75 Å². The predicted molar refractivity (Wildman–Crippen MR) is 56.2 cm³/mol. The van der Waals surface area contributed by atoms with Gasteiger partial charge in [0.1, 0.15) is 11.9 Å². The van der Waals surface area contributed by atoms with Gasteiger partial charge in [0.2, 0.25) is 0 Å². The Morgan fingerprint density at radius 3 is 2.67 bits per heavy atom. The third kappa shape index (κ3) is 2.30. The van der Waals surface area contributed by atoms with Gasteiger partial charge in [-0.3, -0.25) is 10.1 Å². The standard InChI is InChI=1S/C10H10FNO2S/c11-7-3-1-6(2-4-7)9-12-8(5-15-9)10(13)14/h1-4,8-9,12H,5H2,(H,13,14)/t8-,9?/m0/s1. The summed E-state index contributed by atoms with van der Waals surface area (Å²) in [6, 6.07) is 5.59. The molecule has 1 aliphatic rings. The number of hydrogen-bond acceptors (Lipinski definition) is 3. The molecule has 1 saturated heterocycles. The highest BCUT2D eigenvalue weighted by Gasteiger charge is 2.30. The van der Waals surface area contributed by atoms with E-state index in [1.165, 1.54) is 23.9 Å². The van der Waals surface area contributed by atoms with Gasteiger partial charge in [-0.15, -0.1) is 11.8 Å². The predicted octanol–water partition coefficient (Wildman–Crippen LogP) is 1.61. The summed E-state index contributed by atoms with van der Waals surface area (Å²) in [5.74, 6) is -0.583. The highest BCUT2D eigenvalue weighted by atomic mass is 32.2. The molecule has 0 radical (unpaired) electrons. The molecule has 1 aromatic carbocycles. The van der Waals surface area contributed by atoms with E-state index in [4.69, 9.17) is 5.11 Å². The van der Waals surface area contributed by atoms with Gasteiger partial charge in [-0.05, 0) is 17.7 Å². The molecule has 1 unspecified atom stereocenters. The summed E-state index contributed by atoms with van der Waals surface area (Å²) >= 11 is 1.52. The van der Waals surface area contributed by atoms with Crippen LogP contribution in [0.1, 0.15) is 10.9 Å². The zero-order valence-electron chi connectivity index (χ0n) is 7.81. The average Bonchev–Trinajstić information content (AvgIpc) is 2.68. The number of carbonyl (C=O) groups is 1. The molecule has 1 aliphatic heterocycles. The van der Waals surface area contributed by atoms with Crippen molar-refractivity contribution in [3.05, 3.63) is 35.6 Å². The lowest BCUT2D eigenvalue weighted by Crippen LogP contribution is -2.33. The van der Waals surface area contributed by atoms with Crippen molar-refractivity contribution in [2.24, 2.45) is 0 Å². The van der Waals surface area contributed by atoms with Gasteiger partial charge in [0.15, 0.2) is 0 Å². The Hall–Kier alpha value is -1.07. The number of nitrogens with one attached hydrogen (secondary N) is 1. The highest BCUT2D eigenvalue weighted by Crippen LogP contribution is 2.32. The molecular weight excluding hydrogens is 217 g/mol. The molecule has 2 N–H and O–H groups in total. The summed E-state index contributed by atoms with van der Waals surface area (Å²) in [5, 5.41) is 11.7. The SMILES string of the molecule is O=C(O)[C@@H]1CSC(c2ccc(F)cc2)N1. The van der Waals surface area contributed by atoms with Crippen LogP contribution in [0.25, 0.3) is 0 Å². The second kappa shape index (κ2) is 4.20. The molecule has 0 saturated carbocycles. The fourth-order valence-corrected chi connectivity index (χ4v) is 2.68. The second-order valence-corrected chi connectivity index (χ2v) is 4.46. The number of hydrogen-bond donors (Lipinski definition) is 2. The van der Waals surface area contributed by atoms with Crippen LogP contribution < -0.4 is 5.32 Å². The molecular formula is C10H10FNO2S. The van der Waals surface area contributed by atoms with Crippen LogP contribution in [0.15, 0.2) is 24.3 Å². The third-order valence-corrected chi connectivity index (χ3v) is 3.52. The molecule has 1 fully saturated rings. The summed E-state index contributed by atoms with van der Waals surface area (Å²) in [6.45, 7) is 0. The van der Waals surface area contributed by atoms with Crippen LogP contribution in [0.4, 0.5) is 4.39 Å². The Labute approximate surface area is 90.7 Å². The maximum atomic E-state index is 12.7. The van der Waals surface area contributed by atoms with Crippen molar-refractivity contribution in [1.82, 2.24) is 5.32 Å². The number of rotatable bonds is 2. The lowest BCUT2D eigenvalue weighted by Gasteiger charge is -2.10. The lowest BCUT2D eigenvalue weighted by atomic mass is 10.2. The summed E-state index contributed by atoms with van der Waals surface area (Å²) < 4.78 is 12.7. The highest BCUT2D eigenvalue weighted by molar-refractivity contribution is 7.99. The van der Waals surface area contributed by atoms with E-state index in [1.807, 2.05) is 0 Å². The Morgan fingerprint density at radius 2 is 2.13 bits per heavy atom. The number of carboxylic acid groups (broad SMARTS) is 1. The number of benzene rings is 1. The van der Waals surface area contributed by atoms with Crippen molar-refractivity contribution in [3.8, 4) is 0 Å². The molecule has 3 nitrogen and oxygen atoms in total. The van der Waals surface area contributed by atoms with Gasteiger partial charge in [0, 0.05) is 5.75 Å². The minimum absolute atomic E-state index is 0.0494. The molecule has 1 aromatic rings. The molecule has 5 heteroatoms.